The molecule has 0 amide bonds. The monoisotopic (exact) mass is 334 g/mol. The number of aromatic hydroxyl groups is 1. The van der Waals surface area contributed by atoms with E-state index < -0.39 is 0 Å². The first-order valence-electron chi connectivity index (χ1n) is 4.45. The summed E-state index contributed by atoms with van der Waals surface area (Å²) < 4.78 is 1.11. The van der Waals surface area contributed by atoms with Crippen LogP contribution in [0.2, 0.25) is 0 Å². The summed E-state index contributed by atoms with van der Waals surface area (Å²) in [6.45, 7) is 5.95. The molecule has 2 nitrogen and oxygen atoms in total. The van der Waals surface area contributed by atoms with E-state index in [1.165, 1.54) is 0 Å². The first kappa shape index (κ1) is 12.7. The van der Waals surface area contributed by atoms with Crippen molar-refractivity contribution in [1.29, 1.82) is 0 Å². The zero-order valence-corrected chi connectivity index (χ0v) is 11.9. The Bertz CT molecular complexity index is 406. The van der Waals surface area contributed by atoms with Gasteiger partial charge in [0.05, 0.1) is 4.47 Å². The van der Waals surface area contributed by atoms with Gasteiger partial charge >= 0.3 is 0 Å². The molecule has 4 heteroatoms. The molecule has 0 bridgehead atoms. The predicted octanol–water partition coefficient (Wildman–Crippen LogP) is 4.03. The Morgan fingerprint density at radius 1 is 1.27 bits per heavy atom. The molecule has 15 heavy (non-hydrogen) atoms. The van der Waals surface area contributed by atoms with Gasteiger partial charge < -0.3 is 5.11 Å². The van der Waals surface area contributed by atoms with Gasteiger partial charge in [0.2, 0.25) is 0 Å². The van der Waals surface area contributed by atoms with Crippen molar-refractivity contribution in [3.63, 3.8) is 0 Å². The number of benzene rings is 1. The average Bonchev–Trinajstić information content (AvgIpc) is 2.13. The molecule has 1 aromatic carbocycles. The van der Waals surface area contributed by atoms with E-state index in [1.807, 2.05) is 20.8 Å². The number of hydrogen-bond donors (Lipinski definition) is 1. The fraction of sp³-hybridized carbons (Fsp3) is 0.364. The maximum absolute atomic E-state index is 10.8. The molecule has 0 atom stereocenters. The van der Waals surface area contributed by atoms with Crippen LogP contribution in [0, 0.1) is 0 Å². The predicted molar refractivity (Wildman–Crippen MR) is 67.6 cm³/mol. The van der Waals surface area contributed by atoms with Crippen LogP contribution < -0.4 is 0 Å². The first-order valence-corrected chi connectivity index (χ1v) is 6.04. The van der Waals surface area contributed by atoms with Crippen LogP contribution in [0.3, 0.4) is 0 Å². The summed E-state index contributed by atoms with van der Waals surface area (Å²) in [6.07, 6.45) is 0.767. The van der Waals surface area contributed by atoms with Gasteiger partial charge in [-0.3, -0.25) is 4.79 Å². The van der Waals surface area contributed by atoms with Gasteiger partial charge in [-0.05, 0) is 43.3 Å². The lowest BCUT2D eigenvalue weighted by Gasteiger charge is -2.22. The summed E-state index contributed by atoms with van der Waals surface area (Å²) in [5, 5.41) is 9.94. The molecule has 0 unspecified atom stereocenters. The van der Waals surface area contributed by atoms with Gasteiger partial charge in [-0.15, -0.1) is 0 Å². The number of carbonyl (C=O) groups excluding carboxylic acids is 1. The lowest BCUT2D eigenvalue weighted by molar-refractivity contribution is 0.112. The topological polar surface area (TPSA) is 37.3 Å². The molecule has 0 aliphatic rings. The summed E-state index contributed by atoms with van der Waals surface area (Å²) in [5.41, 5.74) is 1.08. The third-order valence-electron chi connectivity index (χ3n) is 2.14. The van der Waals surface area contributed by atoms with Gasteiger partial charge in [0.25, 0.3) is 0 Å². The largest absolute Gasteiger partial charge is 0.506 e. The minimum atomic E-state index is -0.203. The van der Waals surface area contributed by atoms with Gasteiger partial charge in [-0.2, -0.15) is 0 Å². The molecule has 0 saturated carbocycles. The fourth-order valence-corrected chi connectivity index (χ4v) is 2.13. The smallest absolute Gasteiger partial charge is 0.151 e. The molecule has 82 valence electrons. The summed E-state index contributed by atoms with van der Waals surface area (Å²) in [7, 11) is 0. The Morgan fingerprint density at radius 3 is 2.20 bits per heavy atom. The summed E-state index contributed by atoms with van der Waals surface area (Å²) in [5.74, 6) is 0.181. The number of hydrogen-bond acceptors (Lipinski definition) is 2. The van der Waals surface area contributed by atoms with Crippen molar-refractivity contribution in [3.05, 3.63) is 26.1 Å². The lowest BCUT2D eigenvalue weighted by Crippen LogP contribution is -2.12. The van der Waals surface area contributed by atoms with Crippen molar-refractivity contribution in [1.82, 2.24) is 0 Å². The number of carbonyl (C=O) groups is 1. The number of phenols is 1. The van der Waals surface area contributed by atoms with E-state index in [1.54, 1.807) is 6.07 Å². The Labute approximate surface area is 106 Å². The van der Waals surface area contributed by atoms with Gasteiger partial charge in [-0.1, -0.05) is 20.8 Å². The number of phenolic OH excluding ortho intramolecular Hbond substituents is 1. The minimum Gasteiger partial charge on any atom is -0.506 e. The van der Waals surface area contributed by atoms with Crippen molar-refractivity contribution in [2.45, 2.75) is 26.2 Å². The van der Waals surface area contributed by atoms with E-state index in [2.05, 4.69) is 31.9 Å². The molecular formula is C11H12Br2O2. The molecule has 0 aliphatic heterocycles. The molecular weight excluding hydrogens is 324 g/mol. The third-order valence-corrected chi connectivity index (χ3v) is 4.30. The molecule has 1 N–H and O–H groups in total. The number of aldehydes is 1. The molecule has 0 aromatic heterocycles. The van der Waals surface area contributed by atoms with E-state index in [4.69, 9.17) is 0 Å². The Balaban J connectivity index is 3.56. The van der Waals surface area contributed by atoms with Crippen LogP contribution in [0.25, 0.3) is 0 Å². The molecule has 1 rings (SSSR count). The summed E-state index contributed by atoms with van der Waals surface area (Å²) in [4.78, 5) is 10.8. The van der Waals surface area contributed by atoms with Crippen molar-refractivity contribution in [2.24, 2.45) is 0 Å². The second kappa shape index (κ2) is 4.26. The molecule has 0 saturated heterocycles. The maximum Gasteiger partial charge on any atom is 0.151 e. The fourth-order valence-electron chi connectivity index (χ4n) is 1.29. The van der Waals surface area contributed by atoms with Gasteiger partial charge in [0.15, 0.2) is 6.29 Å². The van der Waals surface area contributed by atoms with Gasteiger partial charge in [0, 0.05) is 15.6 Å². The van der Waals surface area contributed by atoms with E-state index in [0.29, 0.717) is 14.5 Å². The SMILES string of the molecule is CC(C)(C)c1cc(C=O)c(Br)c(Br)c1O. The zero-order chi connectivity index (χ0) is 11.8. The molecule has 0 heterocycles. The van der Waals surface area contributed by atoms with Crippen molar-refractivity contribution < 1.29 is 9.90 Å². The number of halogens is 2. The van der Waals surface area contributed by atoms with Crippen LogP contribution in [0.15, 0.2) is 15.0 Å². The van der Waals surface area contributed by atoms with Crippen molar-refractivity contribution in [2.75, 3.05) is 0 Å². The average molecular weight is 336 g/mol. The van der Waals surface area contributed by atoms with E-state index in [9.17, 15) is 9.90 Å². The molecule has 0 aliphatic carbocycles. The summed E-state index contributed by atoms with van der Waals surface area (Å²) in [6, 6.07) is 1.71. The molecule has 0 spiro atoms. The normalized spacial score (nSPS) is 11.5. The second-order valence-corrected chi connectivity index (χ2v) is 5.94. The number of rotatable bonds is 1. The zero-order valence-electron chi connectivity index (χ0n) is 8.77. The molecule has 0 fully saturated rings. The van der Waals surface area contributed by atoms with Crippen LogP contribution in [0.1, 0.15) is 36.7 Å². The van der Waals surface area contributed by atoms with Crippen LogP contribution >= 0.6 is 31.9 Å². The standard InChI is InChI=1S/C11H12Br2O2/c1-11(2,3)7-4-6(5-14)8(12)9(13)10(7)15/h4-5,15H,1-3H3. The Hall–Kier alpha value is -0.350. The summed E-state index contributed by atoms with van der Waals surface area (Å²) >= 11 is 6.51. The van der Waals surface area contributed by atoms with E-state index in [0.717, 1.165) is 11.8 Å². The third kappa shape index (κ3) is 2.42. The van der Waals surface area contributed by atoms with E-state index >= 15 is 0 Å². The van der Waals surface area contributed by atoms with Gasteiger partial charge in [0.1, 0.15) is 5.75 Å². The highest BCUT2D eigenvalue weighted by Crippen LogP contribution is 2.41. The maximum atomic E-state index is 10.8. The Morgan fingerprint density at radius 2 is 1.80 bits per heavy atom. The van der Waals surface area contributed by atoms with Crippen molar-refractivity contribution in [3.8, 4) is 5.75 Å². The second-order valence-electron chi connectivity index (χ2n) is 4.36. The van der Waals surface area contributed by atoms with Crippen LogP contribution in [-0.2, 0) is 5.41 Å². The Kier molecular flexibility index (Phi) is 3.61. The van der Waals surface area contributed by atoms with Crippen LogP contribution in [0.4, 0.5) is 0 Å². The quantitative estimate of drug-likeness (QED) is 0.787. The highest BCUT2D eigenvalue weighted by molar-refractivity contribution is 9.13. The lowest BCUT2D eigenvalue weighted by atomic mass is 9.85. The van der Waals surface area contributed by atoms with Crippen LogP contribution in [0.5, 0.6) is 5.75 Å². The molecule has 1 aromatic rings. The van der Waals surface area contributed by atoms with E-state index in [-0.39, 0.29) is 11.2 Å². The molecule has 0 radical (unpaired) electrons. The van der Waals surface area contributed by atoms with Crippen molar-refractivity contribution >= 4 is 38.1 Å². The first-order chi connectivity index (χ1) is 6.79. The minimum absolute atomic E-state index is 0.181. The van der Waals surface area contributed by atoms with Gasteiger partial charge in [-0.25, -0.2) is 0 Å². The highest BCUT2D eigenvalue weighted by atomic mass is 79.9. The van der Waals surface area contributed by atoms with Crippen LogP contribution in [-0.4, -0.2) is 11.4 Å². The highest BCUT2D eigenvalue weighted by Gasteiger charge is 2.22.